The van der Waals surface area contributed by atoms with Gasteiger partial charge in [-0.05, 0) is 62.6 Å². The van der Waals surface area contributed by atoms with Crippen LogP contribution in [0, 0.1) is 0 Å². The van der Waals surface area contributed by atoms with Crippen molar-refractivity contribution < 1.29 is 19.5 Å². The first-order valence-electron chi connectivity index (χ1n) is 10.9. The third-order valence-electron chi connectivity index (χ3n) is 5.52. The van der Waals surface area contributed by atoms with Gasteiger partial charge in [0.15, 0.2) is 0 Å². The van der Waals surface area contributed by atoms with E-state index < -0.39 is 11.5 Å². The summed E-state index contributed by atoms with van der Waals surface area (Å²) in [7, 11) is 0. The highest BCUT2D eigenvalue weighted by molar-refractivity contribution is 5.93. The Hall–Kier alpha value is -3.65. The molecule has 0 spiro atoms. The Labute approximate surface area is 192 Å². The monoisotopic (exact) mass is 448 g/mol. The van der Waals surface area contributed by atoms with Crippen LogP contribution < -0.4 is 5.48 Å². The molecule has 4 rings (SSSR count). The van der Waals surface area contributed by atoms with E-state index in [4.69, 9.17) is 9.94 Å². The lowest BCUT2D eigenvalue weighted by Gasteiger charge is -2.29. The van der Waals surface area contributed by atoms with Gasteiger partial charge in [-0.25, -0.2) is 10.3 Å². The maximum absolute atomic E-state index is 12.3. The fourth-order valence-electron chi connectivity index (χ4n) is 3.82. The van der Waals surface area contributed by atoms with Crippen LogP contribution in [-0.2, 0) is 11.3 Å². The predicted octanol–water partition coefficient (Wildman–Crippen LogP) is 4.23. The van der Waals surface area contributed by atoms with Gasteiger partial charge in [0.2, 0.25) is 0 Å². The summed E-state index contributed by atoms with van der Waals surface area (Å²) in [6.07, 6.45) is 6.38. The Morgan fingerprint density at radius 3 is 2.58 bits per heavy atom. The van der Waals surface area contributed by atoms with Crippen LogP contribution in [0.25, 0.3) is 16.5 Å². The number of carbonyl (C=O) groups is 2. The molecule has 0 atom stereocenters. The molecule has 3 aromatic rings. The topological polar surface area (TPSA) is 96.7 Å². The Morgan fingerprint density at radius 1 is 1.18 bits per heavy atom. The average molecular weight is 449 g/mol. The van der Waals surface area contributed by atoms with Crippen molar-refractivity contribution in [1.82, 2.24) is 19.9 Å². The van der Waals surface area contributed by atoms with Crippen molar-refractivity contribution in [3.8, 4) is 0 Å². The van der Waals surface area contributed by atoms with E-state index in [0.717, 1.165) is 34.2 Å². The Morgan fingerprint density at radius 2 is 1.94 bits per heavy atom. The number of amides is 2. The van der Waals surface area contributed by atoms with E-state index in [2.05, 4.69) is 21.7 Å². The number of rotatable bonds is 4. The first-order valence-corrected chi connectivity index (χ1v) is 10.9. The molecule has 0 saturated carbocycles. The summed E-state index contributed by atoms with van der Waals surface area (Å²) in [4.78, 5) is 30.1. The lowest BCUT2D eigenvalue weighted by molar-refractivity contribution is 0.0270. The van der Waals surface area contributed by atoms with E-state index in [1.807, 2.05) is 51.4 Å². The summed E-state index contributed by atoms with van der Waals surface area (Å²) in [6.45, 7) is 7.35. The highest BCUT2D eigenvalue weighted by atomic mass is 16.6. The third-order valence-corrected chi connectivity index (χ3v) is 5.52. The Bertz CT molecular complexity index is 1210. The second-order valence-corrected chi connectivity index (χ2v) is 9.12. The summed E-state index contributed by atoms with van der Waals surface area (Å²) in [5.41, 5.74) is 5.63. The highest BCUT2D eigenvalue weighted by Gasteiger charge is 2.24. The van der Waals surface area contributed by atoms with E-state index in [0.29, 0.717) is 25.2 Å². The van der Waals surface area contributed by atoms with Gasteiger partial charge in [0.1, 0.15) is 5.60 Å². The van der Waals surface area contributed by atoms with E-state index in [9.17, 15) is 9.59 Å². The van der Waals surface area contributed by atoms with E-state index in [1.54, 1.807) is 22.5 Å². The van der Waals surface area contributed by atoms with Gasteiger partial charge < -0.3 is 14.2 Å². The zero-order valence-corrected chi connectivity index (χ0v) is 19.0. The fraction of sp³-hybridized carbons (Fsp3) is 0.320. The Kier molecular flexibility index (Phi) is 6.20. The molecule has 0 radical (unpaired) electrons. The van der Waals surface area contributed by atoms with Crippen LogP contribution in [0.4, 0.5) is 4.79 Å². The first kappa shape index (κ1) is 22.5. The minimum atomic E-state index is -0.532. The van der Waals surface area contributed by atoms with Gasteiger partial charge in [0, 0.05) is 36.8 Å². The lowest BCUT2D eigenvalue weighted by atomic mass is 10.0. The molecule has 0 aliphatic carbocycles. The minimum Gasteiger partial charge on any atom is -0.444 e. The number of hydroxylamine groups is 1. The predicted molar refractivity (Wildman–Crippen MR) is 125 cm³/mol. The van der Waals surface area contributed by atoms with Gasteiger partial charge in [-0.3, -0.25) is 15.0 Å². The number of fused-ring (bicyclic) bond motifs is 1. The molecule has 2 aromatic heterocycles. The normalized spacial score (nSPS) is 14.2. The number of hydrogen-bond acceptors (Lipinski definition) is 5. The number of benzene rings is 1. The molecule has 1 aliphatic heterocycles. The van der Waals surface area contributed by atoms with E-state index in [1.165, 1.54) is 0 Å². The van der Waals surface area contributed by atoms with Gasteiger partial charge in [0.25, 0.3) is 5.91 Å². The molecular formula is C25H28N4O4. The smallest absolute Gasteiger partial charge is 0.410 e. The fourth-order valence-corrected chi connectivity index (χ4v) is 3.82. The van der Waals surface area contributed by atoms with Crippen LogP contribution in [0.5, 0.6) is 0 Å². The van der Waals surface area contributed by atoms with E-state index in [-0.39, 0.29) is 6.09 Å². The van der Waals surface area contributed by atoms with Crippen molar-refractivity contribution in [2.45, 2.75) is 39.3 Å². The summed E-state index contributed by atoms with van der Waals surface area (Å²) >= 11 is 0. The molecule has 0 bridgehead atoms. The van der Waals surface area contributed by atoms with Crippen LogP contribution in [0.2, 0.25) is 0 Å². The summed E-state index contributed by atoms with van der Waals surface area (Å²) in [5.74, 6) is -0.532. The molecular weight excluding hydrogens is 420 g/mol. The average Bonchev–Trinajstić information content (AvgIpc) is 3.20. The number of aromatic nitrogens is 2. The summed E-state index contributed by atoms with van der Waals surface area (Å²) in [5, 5.41) is 9.83. The van der Waals surface area contributed by atoms with Gasteiger partial charge >= 0.3 is 6.09 Å². The van der Waals surface area contributed by atoms with Gasteiger partial charge in [-0.1, -0.05) is 18.2 Å². The second-order valence-electron chi connectivity index (χ2n) is 9.12. The van der Waals surface area contributed by atoms with Crippen molar-refractivity contribution in [1.29, 1.82) is 0 Å². The summed E-state index contributed by atoms with van der Waals surface area (Å²) < 4.78 is 7.56. The van der Waals surface area contributed by atoms with Gasteiger partial charge in [0.05, 0.1) is 17.4 Å². The molecule has 33 heavy (non-hydrogen) atoms. The van der Waals surface area contributed by atoms with Crippen molar-refractivity contribution in [2.75, 3.05) is 13.1 Å². The number of hydrogen-bond donors (Lipinski definition) is 2. The number of nitrogens with zero attached hydrogens (tertiary/aromatic N) is 3. The van der Waals surface area contributed by atoms with Crippen molar-refractivity contribution >= 4 is 28.5 Å². The van der Waals surface area contributed by atoms with Crippen molar-refractivity contribution in [3.63, 3.8) is 0 Å². The van der Waals surface area contributed by atoms with Crippen molar-refractivity contribution in [3.05, 3.63) is 71.7 Å². The van der Waals surface area contributed by atoms with Gasteiger partial charge in [-0.15, -0.1) is 0 Å². The number of pyridine rings is 1. The third kappa shape index (κ3) is 5.23. The van der Waals surface area contributed by atoms with Crippen LogP contribution in [0.15, 0.2) is 54.9 Å². The maximum atomic E-state index is 12.3. The molecule has 3 heterocycles. The lowest BCUT2D eigenvalue weighted by Crippen LogP contribution is -2.39. The standard InChI is InChI=1S/C25H28N4O4/c1-25(2,3)33-24(31)28-11-8-18(9-12-28)21-14-20-10-13-29(22(20)15-26-21)16-17-4-6-19(7-5-17)23(30)27-32/h4-8,10,13-15,32H,9,11-12,16H2,1-3H3,(H,27,30). The number of nitrogens with one attached hydrogen (secondary N) is 1. The molecule has 1 aliphatic rings. The molecule has 2 N–H and O–H groups in total. The molecule has 2 amide bonds. The minimum absolute atomic E-state index is 0.289. The molecule has 1 aromatic carbocycles. The first-order chi connectivity index (χ1) is 15.7. The van der Waals surface area contributed by atoms with Crippen molar-refractivity contribution in [2.24, 2.45) is 0 Å². The molecule has 0 saturated heterocycles. The molecule has 8 nitrogen and oxygen atoms in total. The molecule has 172 valence electrons. The number of ether oxygens (including phenoxy) is 1. The number of carbonyl (C=O) groups excluding carboxylic acids is 2. The quantitative estimate of drug-likeness (QED) is 0.460. The van der Waals surface area contributed by atoms with Crippen LogP contribution in [0.1, 0.15) is 48.8 Å². The zero-order chi connectivity index (χ0) is 23.6. The highest BCUT2D eigenvalue weighted by Crippen LogP contribution is 2.26. The maximum Gasteiger partial charge on any atom is 0.410 e. The SMILES string of the molecule is CC(C)(C)OC(=O)N1CC=C(c2cc3ccn(Cc4ccc(C(=O)NO)cc4)c3cn2)CC1. The molecule has 0 unspecified atom stereocenters. The Balaban J connectivity index is 1.46. The van der Waals surface area contributed by atoms with Gasteiger partial charge in [-0.2, -0.15) is 0 Å². The summed E-state index contributed by atoms with van der Waals surface area (Å²) in [6, 6.07) is 11.2. The zero-order valence-electron chi connectivity index (χ0n) is 19.0. The molecule has 8 heteroatoms. The second kappa shape index (κ2) is 9.07. The largest absolute Gasteiger partial charge is 0.444 e. The van der Waals surface area contributed by atoms with Crippen LogP contribution >= 0.6 is 0 Å². The van der Waals surface area contributed by atoms with Crippen LogP contribution in [-0.4, -0.2) is 50.3 Å². The van der Waals surface area contributed by atoms with E-state index >= 15 is 0 Å². The van der Waals surface area contributed by atoms with Crippen LogP contribution in [0.3, 0.4) is 0 Å². The molecule has 0 fully saturated rings.